The van der Waals surface area contributed by atoms with Gasteiger partial charge in [-0.05, 0) is 38.2 Å². The fourth-order valence-electron chi connectivity index (χ4n) is 3.90. The zero-order valence-electron chi connectivity index (χ0n) is 15.9. The highest BCUT2D eigenvalue weighted by atomic mass is 16.5. The number of nitrogens with one attached hydrogen (secondary N) is 1. The molecule has 1 aromatic rings. The van der Waals surface area contributed by atoms with Crippen molar-refractivity contribution in [3.63, 3.8) is 0 Å². The van der Waals surface area contributed by atoms with Gasteiger partial charge in [0.2, 0.25) is 5.91 Å². The van der Waals surface area contributed by atoms with Gasteiger partial charge in [0.15, 0.2) is 0 Å². The van der Waals surface area contributed by atoms with Crippen LogP contribution in [0.1, 0.15) is 50.7 Å². The number of carbonyl (C=O) groups is 1. The minimum atomic E-state index is 0.0420. The van der Waals surface area contributed by atoms with Crippen molar-refractivity contribution >= 4 is 5.91 Å². The summed E-state index contributed by atoms with van der Waals surface area (Å²) in [6.45, 7) is 9.87. The number of amides is 1. The number of ether oxygens (including phenoxy) is 1. The Morgan fingerprint density at radius 3 is 2.56 bits per heavy atom. The largest absolute Gasteiger partial charge is 0.370 e. The third kappa shape index (κ3) is 4.83. The summed E-state index contributed by atoms with van der Waals surface area (Å²) in [6.07, 6.45) is 4.59. The zero-order chi connectivity index (χ0) is 17.9. The van der Waals surface area contributed by atoms with Crippen LogP contribution in [0.4, 0.5) is 0 Å². The number of aryl methyl sites for hydroxylation is 1. The first-order chi connectivity index (χ1) is 12.0. The van der Waals surface area contributed by atoms with E-state index in [1.807, 2.05) is 13.8 Å². The van der Waals surface area contributed by atoms with E-state index in [-0.39, 0.29) is 23.5 Å². The Morgan fingerprint density at radius 2 is 1.92 bits per heavy atom. The highest BCUT2D eigenvalue weighted by Gasteiger charge is 2.42. The smallest absolute Gasteiger partial charge is 0.222 e. The first-order valence-electron chi connectivity index (χ1n) is 9.69. The lowest BCUT2D eigenvalue weighted by atomic mass is 9.88. The van der Waals surface area contributed by atoms with Crippen molar-refractivity contribution in [3.05, 3.63) is 35.4 Å². The Morgan fingerprint density at radius 1 is 1.24 bits per heavy atom. The van der Waals surface area contributed by atoms with Crippen molar-refractivity contribution in [3.8, 4) is 0 Å². The molecule has 0 radical (unpaired) electrons. The van der Waals surface area contributed by atoms with Crippen molar-refractivity contribution in [1.82, 2.24) is 10.2 Å². The summed E-state index contributed by atoms with van der Waals surface area (Å²) in [6, 6.07) is 8.85. The van der Waals surface area contributed by atoms with Gasteiger partial charge in [-0.15, -0.1) is 0 Å². The highest BCUT2D eigenvalue weighted by molar-refractivity contribution is 5.77. The van der Waals surface area contributed by atoms with E-state index in [2.05, 4.69) is 41.4 Å². The summed E-state index contributed by atoms with van der Waals surface area (Å²) in [5.74, 6) is 0.165. The van der Waals surface area contributed by atoms with Crippen LogP contribution in [0.25, 0.3) is 0 Å². The molecule has 1 unspecified atom stereocenters. The lowest BCUT2D eigenvalue weighted by Crippen LogP contribution is -2.45. The fourth-order valence-corrected chi connectivity index (χ4v) is 3.90. The molecule has 2 fully saturated rings. The zero-order valence-corrected chi connectivity index (χ0v) is 15.9. The predicted molar refractivity (Wildman–Crippen MR) is 100 cm³/mol. The molecule has 4 heteroatoms. The molecule has 0 bridgehead atoms. The van der Waals surface area contributed by atoms with E-state index in [4.69, 9.17) is 4.74 Å². The molecule has 0 aliphatic carbocycles. The van der Waals surface area contributed by atoms with Crippen LogP contribution in [-0.2, 0) is 16.1 Å². The van der Waals surface area contributed by atoms with Gasteiger partial charge in [0, 0.05) is 32.1 Å². The number of piperidine rings is 1. The van der Waals surface area contributed by atoms with Crippen LogP contribution < -0.4 is 5.32 Å². The summed E-state index contributed by atoms with van der Waals surface area (Å²) < 4.78 is 6.39. The maximum Gasteiger partial charge on any atom is 0.222 e. The first kappa shape index (κ1) is 18.4. The summed E-state index contributed by atoms with van der Waals surface area (Å²) in [5.41, 5.74) is 2.76. The number of hydrogen-bond acceptors (Lipinski definition) is 3. The summed E-state index contributed by atoms with van der Waals surface area (Å²) in [4.78, 5) is 14.3. The molecule has 2 aliphatic heterocycles. The summed E-state index contributed by atoms with van der Waals surface area (Å²) in [5, 5.41) is 3.02. The molecule has 1 N–H and O–H groups in total. The van der Waals surface area contributed by atoms with Crippen LogP contribution in [0.3, 0.4) is 0 Å². The molecular weight excluding hydrogens is 312 g/mol. The Bertz CT molecular complexity index is 574. The van der Waals surface area contributed by atoms with Gasteiger partial charge in [-0.1, -0.05) is 43.7 Å². The van der Waals surface area contributed by atoms with E-state index in [0.29, 0.717) is 6.54 Å². The second-order valence-electron chi connectivity index (χ2n) is 8.12. The Kier molecular flexibility index (Phi) is 5.80. The number of nitrogens with zero attached hydrogens (tertiary/aromatic N) is 1. The molecule has 1 amide bonds. The molecule has 2 saturated heterocycles. The highest BCUT2D eigenvalue weighted by Crippen LogP contribution is 2.39. The lowest BCUT2D eigenvalue weighted by Gasteiger charge is -2.39. The minimum absolute atomic E-state index is 0.0420. The number of benzene rings is 1. The van der Waals surface area contributed by atoms with E-state index in [1.54, 1.807) is 0 Å². The van der Waals surface area contributed by atoms with Crippen LogP contribution >= 0.6 is 0 Å². The number of rotatable bonds is 5. The van der Waals surface area contributed by atoms with Crippen molar-refractivity contribution in [2.45, 2.75) is 64.7 Å². The lowest BCUT2D eigenvalue weighted by molar-refractivity contribution is -0.125. The van der Waals surface area contributed by atoms with Gasteiger partial charge in [-0.2, -0.15) is 0 Å². The molecule has 4 nitrogen and oxygen atoms in total. The van der Waals surface area contributed by atoms with Gasteiger partial charge in [0.25, 0.3) is 0 Å². The van der Waals surface area contributed by atoms with Gasteiger partial charge in [-0.25, -0.2) is 0 Å². The van der Waals surface area contributed by atoms with Gasteiger partial charge < -0.3 is 10.1 Å². The molecule has 1 spiro atoms. The summed E-state index contributed by atoms with van der Waals surface area (Å²) >= 11 is 0. The second kappa shape index (κ2) is 7.88. The predicted octanol–water partition coefficient (Wildman–Crippen LogP) is 3.28. The molecule has 2 heterocycles. The Labute approximate surface area is 151 Å². The number of hydrogen-bond donors (Lipinski definition) is 1. The molecule has 25 heavy (non-hydrogen) atoms. The van der Waals surface area contributed by atoms with Crippen LogP contribution in [0.5, 0.6) is 0 Å². The second-order valence-corrected chi connectivity index (χ2v) is 8.12. The normalized spacial score (nSPS) is 23.3. The van der Waals surface area contributed by atoms with Crippen LogP contribution in [-0.4, -0.2) is 42.1 Å². The SMILES string of the molecule is Cc1ccc(CN2CCC3(CCC(CNC(=O)C(C)C)O3)CC2)cc1. The number of carbonyl (C=O) groups excluding carboxylic acids is 1. The van der Waals surface area contributed by atoms with Crippen molar-refractivity contribution in [1.29, 1.82) is 0 Å². The van der Waals surface area contributed by atoms with Gasteiger partial charge >= 0.3 is 0 Å². The maximum absolute atomic E-state index is 11.7. The van der Waals surface area contributed by atoms with E-state index in [0.717, 1.165) is 45.3 Å². The average Bonchev–Trinajstić information content (AvgIpc) is 3.00. The maximum atomic E-state index is 11.7. The molecular formula is C21H32N2O2. The molecule has 1 aromatic carbocycles. The number of likely N-dealkylation sites (tertiary alicyclic amines) is 1. The van der Waals surface area contributed by atoms with E-state index in [9.17, 15) is 4.79 Å². The van der Waals surface area contributed by atoms with E-state index in [1.165, 1.54) is 11.1 Å². The van der Waals surface area contributed by atoms with Gasteiger partial charge in [0.1, 0.15) is 0 Å². The monoisotopic (exact) mass is 344 g/mol. The molecule has 138 valence electrons. The van der Waals surface area contributed by atoms with Crippen molar-refractivity contribution in [2.24, 2.45) is 5.92 Å². The Hall–Kier alpha value is -1.39. The molecule has 0 aromatic heterocycles. The van der Waals surface area contributed by atoms with Crippen LogP contribution in [0.2, 0.25) is 0 Å². The third-order valence-electron chi connectivity index (χ3n) is 5.66. The standard InChI is InChI=1S/C21H32N2O2/c1-16(2)20(24)22-14-19-8-9-21(25-19)10-12-23(13-11-21)15-18-6-4-17(3)5-7-18/h4-7,16,19H,8-15H2,1-3H3,(H,22,24). The Balaban J connectivity index is 1.44. The molecule has 1 atom stereocenters. The fraction of sp³-hybridized carbons (Fsp3) is 0.667. The van der Waals surface area contributed by atoms with E-state index < -0.39 is 0 Å². The van der Waals surface area contributed by atoms with Crippen molar-refractivity contribution in [2.75, 3.05) is 19.6 Å². The quantitative estimate of drug-likeness (QED) is 0.891. The van der Waals surface area contributed by atoms with E-state index >= 15 is 0 Å². The summed E-state index contributed by atoms with van der Waals surface area (Å²) in [7, 11) is 0. The topological polar surface area (TPSA) is 41.6 Å². The molecule has 0 saturated carbocycles. The first-order valence-corrected chi connectivity index (χ1v) is 9.69. The minimum Gasteiger partial charge on any atom is -0.370 e. The third-order valence-corrected chi connectivity index (χ3v) is 5.66. The molecule has 2 aliphatic rings. The van der Waals surface area contributed by atoms with Crippen LogP contribution in [0, 0.1) is 12.8 Å². The van der Waals surface area contributed by atoms with Crippen LogP contribution in [0.15, 0.2) is 24.3 Å². The van der Waals surface area contributed by atoms with Gasteiger partial charge in [-0.3, -0.25) is 9.69 Å². The van der Waals surface area contributed by atoms with Gasteiger partial charge in [0.05, 0.1) is 11.7 Å². The molecule has 3 rings (SSSR count). The van der Waals surface area contributed by atoms with Crippen molar-refractivity contribution < 1.29 is 9.53 Å². The average molecular weight is 344 g/mol.